The van der Waals surface area contributed by atoms with E-state index in [0.29, 0.717) is 0 Å². The van der Waals surface area contributed by atoms with Crippen LogP contribution in [0.3, 0.4) is 0 Å². The third-order valence-electron chi connectivity index (χ3n) is 2.78. The zero-order valence-corrected chi connectivity index (χ0v) is 14.9. The Morgan fingerprint density at radius 3 is 1.61 bits per heavy atom. The fourth-order valence-electron chi connectivity index (χ4n) is 1.73. The predicted octanol–water partition coefficient (Wildman–Crippen LogP) is 2.86. The molecule has 0 amide bonds. The number of hydrogen-bond donors (Lipinski definition) is 1. The second kappa shape index (κ2) is 9.66. The van der Waals surface area contributed by atoms with Crippen LogP contribution < -0.4 is 16.7 Å². The summed E-state index contributed by atoms with van der Waals surface area (Å²) < 4.78 is -1.67. The van der Waals surface area contributed by atoms with Crippen LogP contribution in [-0.4, -0.2) is 16.9 Å². The minimum Gasteiger partial charge on any atom is -0.398 e. The van der Waals surface area contributed by atoms with E-state index in [4.69, 9.17) is 40.5 Å². The molecule has 0 unspecified atom stereocenters. The number of halogens is 3. The summed E-state index contributed by atoms with van der Waals surface area (Å²) >= 11 is 15.9. The zero-order valence-electron chi connectivity index (χ0n) is 12.7. The Labute approximate surface area is 152 Å². The first-order chi connectivity index (χ1) is 10.8. The molecule has 2 aromatic rings. The van der Waals surface area contributed by atoms with Gasteiger partial charge in [0.05, 0.1) is 5.70 Å². The third kappa shape index (κ3) is 8.70. The van der Waals surface area contributed by atoms with Gasteiger partial charge in [0.15, 0.2) is 13.1 Å². The van der Waals surface area contributed by atoms with Gasteiger partial charge in [-0.3, -0.25) is 4.79 Å². The van der Waals surface area contributed by atoms with E-state index in [1.165, 1.54) is 17.8 Å². The second-order valence-corrected chi connectivity index (χ2v) is 7.14. The highest BCUT2D eigenvalue weighted by Crippen LogP contribution is 2.31. The van der Waals surface area contributed by atoms with Gasteiger partial charge >= 0.3 is 0 Å². The van der Waals surface area contributed by atoms with Crippen molar-refractivity contribution < 1.29 is 4.79 Å². The maximum Gasteiger partial charge on any atom is 0.230 e. The van der Waals surface area contributed by atoms with Crippen LogP contribution in [0.1, 0.15) is 6.92 Å². The molecule has 0 saturated carbocycles. The van der Waals surface area contributed by atoms with E-state index in [9.17, 15) is 4.79 Å². The molecule has 6 heteroatoms. The molecule has 0 heterocycles. The Bertz CT molecular complexity index is 602. The molecular formula is C17H17BCl3NO. The van der Waals surface area contributed by atoms with Crippen LogP contribution in [0.2, 0.25) is 0 Å². The van der Waals surface area contributed by atoms with Gasteiger partial charge in [-0.25, -0.2) is 0 Å². The standard InChI is InChI=1S/C12H11B.C5H6Cl3NO/c1-3-7-11(8-4-1)13-12-9-5-2-6-10-12;1-3(10)2-4(9)5(6,7)8/h1-10,13H;2H,9H2,1H3/b;4-2-. The minimum atomic E-state index is -1.67. The van der Waals surface area contributed by atoms with Gasteiger partial charge in [0.25, 0.3) is 0 Å². The molecule has 0 aliphatic rings. The van der Waals surface area contributed by atoms with E-state index < -0.39 is 3.79 Å². The van der Waals surface area contributed by atoms with E-state index in [-0.39, 0.29) is 11.5 Å². The van der Waals surface area contributed by atoms with Gasteiger partial charge < -0.3 is 5.73 Å². The predicted molar refractivity (Wildman–Crippen MR) is 103 cm³/mol. The van der Waals surface area contributed by atoms with Crippen LogP contribution in [-0.2, 0) is 4.79 Å². The zero-order chi connectivity index (χ0) is 17.3. The summed E-state index contributed by atoms with van der Waals surface area (Å²) in [5.74, 6) is -0.246. The van der Waals surface area contributed by atoms with Gasteiger partial charge in [-0.15, -0.1) is 0 Å². The van der Waals surface area contributed by atoms with Crippen molar-refractivity contribution in [2.45, 2.75) is 10.7 Å². The molecule has 23 heavy (non-hydrogen) atoms. The smallest absolute Gasteiger partial charge is 0.230 e. The molecule has 0 fully saturated rings. The second-order valence-electron chi connectivity index (χ2n) is 4.86. The molecule has 0 radical (unpaired) electrons. The van der Waals surface area contributed by atoms with Crippen molar-refractivity contribution >= 4 is 58.8 Å². The SMILES string of the molecule is B(c1ccccc1)c1ccccc1.CC(=O)/C=C(\N)C(Cl)(Cl)Cl. The Morgan fingerprint density at radius 1 is 0.957 bits per heavy atom. The van der Waals surface area contributed by atoms with Crippen LogP contribution in [0.5, 0.6) is 0 Å². The molecule has 2 nitrogen and oxygen atoms in total. The summed E-state index contributed by atoms with van der Waals surface area (Å²) in [4.78, 5) is 10.4. The summed E-state index contributed by atoms with van der Waals surface area (Å²) in [6, 6.07) is 21.1. The largest absolute Gasteiger partial charge is 0.398 e. The summed E-state index contributed by atoms with van der Waals surface area (Å²) in [6.07, 6.45) is 1.08. The maximum absolute atomic E-state index is 10.4. The Kier molecular flexibility index (Phi) is 8.25. The average Bonchev–Trinajstić information content (AvgIpc) is 2.48. The molecule has 2 rings (SSSR count). The van der Waals surface area contributed by atoms with Crippen LogP contribution in [0.15, 0.2) is 72.4 Å². The quantitative estimate of drug-likeness (QED) is 0.514. The van der Waals surface area contributed by atoms with E-state index in [0.717, 1.165) is 13.4 Å². The number of benzene rings is 2. The normalized spacial score (nSPS) is 11.2. The third-order valence-corrected chi connectivity index (χ3v) is 3.43. The fourth-order valence-corrected chi connectivity index (χ4v) is 1.89. The van der Waals surface area contributed by atoms with Crippen molar-refractivity contribution in [1.29, 1.82) is 0 Å². The first kappa shape index (κ1) is 19.6. The van der Waals surface area contributed by atoms with Gasteiger partial charge in [-0.05, 0) is 6.92 Å². The highest BCUT2D eigenvalue weighted by Gasteiger charge is 2.23. The van der Waals surface area contributed by atoms with E-state index in [2.05, 4.69) is 60.7 Å². The van der Waals surface area contributed by atoms with Crippen LogP contribution in [0, 0.1) is 0 Å². The number of allylic oxidation sites excluding steroid dienone is 2. The number of rotatable bonds is 3. The summed E-state index contributed by atoms with van der Waals surface area (Å²) in [6.45, 7) is 1.32. The van der Waals surface area contributed by atoms with Crippen molar-refractivity contribution in [3.63, 3.8) is 0 Å². The van der Waals surface area contributed by atoms with Crippen molar-refractivity contribution in [3.05, 3.63) is 72.4 Å². The Hall–Kier alpha value is -1.42. The lowest BCUT2D eigenvalue weighted by atomic mass is 9.64. The first-order valence-corrected chi connectivity index (χ1v) is 8.05. The number of ketones is 1. The molecule has 2 N–H and O–H groups in total. The van der Waals surface area contributed by atoms with Crippen molar-refractivity contribution in [2.24, 2.45) is 5.73 Å². The summed E-state index contributed by atoms with van der Waals surface area (Å²) in [7, 11) is 1.03. The molecule has 0 aliphatic heterocycles. The van der Waals surface area contributed by atoms with E-state index >= 15 is 0 Å². The molecule has 0 atom stereocenters. The molecular weight excluding hydrogens is 351 g/mol. The molecule has 120 valence electrons. The number of carbonyl (C=O) groups is 1. The maximum atomic E-state index is 10.4. The summed E-state index contributed by atoms with van der Waals surface area (Å²) in [5.41, 5.74) is 7.87. The van der Waals surface area contributed by atoms with Gasteiger partial charge in [-0.1, -0.05) is 106 Å². The van der Waals surface area contributed by atoms with Gasteiger partial charge in [0.2, 0.25) is 3.79 Å². The molecule has 2 aromatic carbocycles. The molecule has 0 aliphatic carbocycles. The lowest BCUT2D eigenvalue weighted by Crippen LogP contribution is -2.26. The first-order valence-electron chi connectivity index (χ1n) is 6.92. The van der Waals surface area contributed by atoms with Crippen LogP contribution in [0.25, 0.3) is 0 Å². The Balaban J connectivity index is 0.000000241. The van der Waals surface area contributed by atoms with E-state index in [1.54, 1.807) is 0 Å². The molecule has 0 bridgehead atoms. The monoisotopic (exact) mass is 367 g/mol. The molecule has 0 spiro atoms. The van der Waals surface area contributed by atoms with Crippen molar-refractivity contribution in [1.82, 2.24) is 0 Å². The number of hydrogen-bond acceptors (Lipinski definition) is 2. The van der Waals surface area contributed by atoms with Crippen molar-refractivity contribution in [2.75, 3.05) is 0 Å². The topological polar surface area (TPSA) is 43.1 Å². The van der Waals surface area contributed by atoms with Crippen LogP contribution in [0.4, 0.5) is 0 Å². The molecule has 0 aromatic heterocycles. The summed E-state index contributed by atoms with van der Waals surface area (Å²) in [5, 5.41) is 0. The fraction of sp³-hybridized carbons (Fsp3) is 0.118. The van der Waals surface area contributed by atoms with Crippen molar-refractivity contribution in [3.8, 4) is 0 Å². The average molecular weight is 368 g/mol. The number of nitrogens with two attached hydrogens (primary N) is 1. The number of carbonyl (C=O) groups excluding carboxylic acids is 1. The van der Waals surface area contributed by atoms with Gasteiger partial charge in [0, 0.05) is 6.08 Å². The Morgan fingerprint density at radius 2 is 1.35 bits per heavy atom. The minimum absolute atomic E-state index is 0.0648. The highest BCUT2D eigenvalue weighted by atomic mass is 35.6. The lowest BCUT2D eigenvalue weighted by molar-refractivity contribution is -0.112. The molecule has 0 saturated heterocycles. The van der Waals surface area contributed by atoms with Gasteiger partial charge in [-0.2, -0.15) is 0 Å². The highest BCUT2D eigenvalue weighted by molar-refractivity contribution is 6.69. The van der Waals surface area contributed by atoms with Gasteiger partial charge in [0.1, 0.15) is 0 Å². The number of alkyl halides is 3. The van der Waals surface area contributed by atoms with E-state index in [1.807, 2.05) is 0 Å². The lowest BCUT2D eigenvalue weighted by Gasteiger charge is -2.09. The van der Waals surface area contributed by atoms with Crippen LogP contribution >= 0.6 is 34.8 Å².